The first kappa shape index (κ1) is 13.8. The predicted molar refractivity (Wildman–Crippen MR) is 71.9 cm³/mol. The van der Waals surface area contributed by atoms with Crippen LogP contribution in [0.5, 0.6) is 0 Å². The Morgan fingerprint density at radius 3 is 2.79 bits per heavy atom. The topological polar surface area (TPSA) is 71.3 Å². The Hall–Kier alpha value is -1.62. The lowest BCUT2D eigenvalue weighted by Crippen LogP contribution is -2.50. The molecule has 0 saturated heterocycles. The number of nitrogens with one attached hydrogen (secondary N) is 1. The number of amides is 1. The van der Waals surface area contributed by atoms with Crippen LogP contribution in [-0.2, 0) is 11.3 Å². The number of aliphatic hydroxyl groups excluding tert-OH is 1. The van der Waals surface area contributed by atoms with Crippen molar-refractivity contribution in [2.75, 3.05) is 6.61 Å². The zero-order valence-electron chi connectivity index (χ0n) is 11.2. The molecular weight excluding hydrogens is 244 g/mol. The van der Waals surface area contributed by atoms with Gasteiger partial charge in [0, 0.05) is 11.8 Å². The molecule has 0 atom stereocenters. The molecule has 1 aromatic heterocycles. The zero-order chi connectivity index (χ0) is 13.9. The Morgan fingerprint density at radius 2 is 2.16 bits per heavy atom. The van der Waals surface area contributed by atoms with Gasteiger partial charge in [-0.15, -0.1) is 0 Å². The zero-order valence-corrected chi connectivity index (χ0v) is 11.2. The van der Waals surface area contributed by atoms with Crippen LogP contribution < -0.4 is 10.9 Å². The second-order valence-corrected chi connectivity index (χ2v) is 5.32. The van der Waals surface area contributed by atoms with Gasteiger partial charge in [0.05, 0.1) is 12.1 Å². The number of nitrogens with zero attached hydrogens (tertiary/aromatic N) is 1. The van der Waals surface area contributed by atoms with E-state index in [1.54, 1.807) is 25.3 Å². The number of hydrogen-bond acceptors (Lipinski definition) is 3. The highest BCUT2D eigenvalue weighted by atomic mass is 16.3. The minimum absolute atomic E-state index is 0.00225. The summed E-state index contributed by atoms with van der Waals surface area (Å²) in [7, 11) is 0. The Kier molecular flexibility index (Phi) is 4.04. The molecule has 0 aromatic carbocycles. The number of pyridine rings is 1. The number of aliphatic hydroxyl groups is 1. The normalized spacial score (nSPS) is 17.4. The van der Waals surface area contributed by atoms with Gasteiger partial charge in [-0.25, -0.2) is 0 Å². The van der Waals surface area contributed by atoms with Crippen molar-refractivity contribution in [3.63, 3.8) is 0 Å². The van der Waals surface area contributed by atoms with Crippen molar-refractivity contribution >= 4 is 5.91 Å². The molecule has 5 heteroatoms. The van der Waals surface area contributed by atoms with E-state index in [-0.39, 0.29) is 24.6 Å². The summed E-state index contributed by atoms with van der Waals surface area (Å²) < 4.78 is 1.39. The van der Waals surface area contributed by atoms with E-state index in [1.807, 2.05) is 0 Å². The highest BCUT2D eigenvalue weighted by Gasteiger charge is 2.34. The summed E-state index contributed by atoms with van der Waals surface area (Å²) in [6, 6.07) is 3.48. The highest BCUT2D eigenvalue weighted by molar-refractivity contribution is 5.76. The summed E-state index contributed by atoms with van der Waals surface area (Å²) in [5, 5.41) is 12.3. The molecule has 19 heavy (non-hydrogen) atoms. The Bertz CT molecular complexity index is 516. The fraction of sp³-hybridized carbons (Fsp3) is 0.571. The van der Waals surface area contributed by atoms with Crippen LogP contribution >= 0.6 is 0 Å². The van der Waals surface area contributed by atoms with E-state index in [9.17, 15) is 14.7 Å². The van der Waals surface area contributed by atoms with Crippen molar-refractivity contribution in [1.82, 2.24) is 9.88 Å². The Morgan fingerprint density at radius 1 is 1.47 bits per heavy atom. The first-order valence-electron chi connectivity index (χ1n) is 6.64. The summed E-state index contributed by atoms with van der Waals surface area (Å²) in [5.41, 5.74) is -0.0139. The van der Waals surface area contributed by atoms with E-state index in [0.29, 0.717) is 5.56 Å². The van der Waals surface area contributed by atoms with Crippen LogP contribution in [0.2, 0.25) is 0 Å². The molecule has 1 aliphatic carbocycles. The van der Waals surface area contributed by atoms with Gasteiger partial charge >= 0.3 is 0 Å². The van der Waals surface area contributed by atoms with Crippen molar-refractivity contribution < 1.29 is 9.90 Å². The van der Waals surface area contributed by atoms with E-state index >= 15 is 0 Å². The van der Waals surface area contributed by atoms with E-state index in [1.165, 1.54) is 4.57 Å². The van der Waals surface area contributed by atoms with Crippen molar-refractivity contribution in [1.29, 1.82) is 0 Å². The summed E-state index contributed by atoms with van der Waals surface area (Å²) in [4.78, 5) is 23.8. The van der Waals surface area contributed by atoms with Gasteiger partial charge in [-0.05, 0) is 25.8 Å². The van der Waals surface area contributed by atoms with Crippen LogP contribution in [0.1, 0.15) is 31.2 Å². The molecule has 0 unspecified atom stereocenters. The van der Waals surface area contributed by atoms with E-state index in [2.05, 4.69) is 5.32 Å². The molecule has 0 radical (unpaired) electrons. The minimum Gasteiger partial charge on any atom is -0.394 e. The molecule has 0 bridgehead atoms. The van der Waals surface area contributed by atoms with Crippen molar-refractivity contribution in [3.8, 4) is 0 Å². The summed E-state index contributed by atoms with van der Waals surface area (Å²) in [5.74, 6) is -0.219. The third-order valence-electron chi connectivity index (χ3n) is 3.79. The standard InChI is InChI=1S/C14H20N2O3/c1-11-5-4-8-16(13(11)19)9-12(18)15-14(10-17)6-2-3-7-14/h4-5,8,17H,2-3,6-7,9-10H2,1H3,(H,15,18). The van der Waals surface area contributed by atoms with Gasteiger partial charge in [0.25, 0.3) is 5.56 Å². The lowest BCUT2D eigenvalue weighted by Gasteiger charge is -2.28. The fourth-order valence-electron chi connectivity index (χ4n) is 2.65. The molecular formula is C14H20N2O3. The number of aryl methyl sites for hydroxylation is 1. The summed E-state index contributed by atoms with van der Waals surface area (Å²) >= 11 is 0. The highest BCUT2D eigenvalue weighted by Crippen LogP contribution is 2.28. The number of rotatable bonds is 4. The third kappa shape index (κ3) is 3.04. The Labute approximate surface area is 112 Å². The molecule has 2 rings (SSSR count). The van der Waals surface area contributed by atoms with Gasteiger partial charge in [-0.1, -0.05) is 18.9 Å². The molecule has 2 N–H and O–H groups in total. The van der Waals surface area contributed by atoms with Crippen molar-refractivity contribution in [2.24, 2.45) is 0 Å². The van der Waals surface area contributed by atoms with Crippen molar-refractivity contribution in [2.45, 2.75) is 44.7 Å². The van der Waals surface area contributed by atoms with Gasteiger partial charge in [-0.3, -0.25) is 9.59 Å². The summed E-state index contributed by atoms with van der Waals surface area (Å²) in [6.45, 7) is 1.69. The first-order chi connectivity index (χ1) is 9.06. The van der Waals surface area contributed by atoms with Crippen LogP contribution in [0.3, 0.4) is 0 Å². The lowest BCUT2D eigenvalue weighted by atomic mass is 9.99. The van der Waals surface area contributed by atoms with Crippen LogP contribution in [0.4, 0.5) is 0 Å². The number of hydrogen-bond donors (Lipinski definition) is 2. The summed E-state index contributed by atoms with van der Waals surface area (Å²) in [6.07, 6.45) is 5.25. The van der Waals surface area contributed by atoms with Crippen LogP contribution in [0, 0.1) is 6.92 Å². The van der Waals surface area contributed by atoms with Gasteiger partial charge in [0.1, 0.15) is 6.54 Å². The minimum atomic E-state index is -0.482. The van der Waals surface area contributed by atoms with Gasteiger partial charge in [-0.2, -0.15) is 0 Å². The molecule has 1 aliphatic rings. The third-order valence-corrected chi connectivity index (χ3v) is 3.79. The SMILES string of the molecule is Cc1cccn(CC(=O)NC2(CO)CCCC2)c1=O. The van der Waals surface area contributed by atoms with E-state index in [4.69, 9.17) is 0 Å². The molecule has 1 amide bonds. The van der Waals surface area contributed by atoms with Crippen LogP contribution in [-0.4, -0.2) is 27.7 Å². The monoisotopic (exact) mass is 264 g/mol. The van der Waals surface area contributed by atoms with Crippen molar-refractivity contribution in [3.05, 3.63) is 34.2 Å². The largest absolute Gasteiger partial charge is 0.394 e. The van der Waals surface area contributed by atoms with Gasteiger partial charge in [0.15, 0.2) is 0 Å². The lowest BCUT2D eigenvalue weighted by molar-refractivity contribution is -0.124. The van der Waals surface area contributed by atoms with E-state index in [0.717, 1.165) is 25.7 Å². The van der Waals surface area contributed by atoms with Gasteiger partial charge < -0.3 is 15.0 Å². The van der Waals surface area contributed by atoms with E-state index < -0.39 is 5.54 Å². The maximum absolute atomic E-state index is 12.0. The number of carbonyl (C=O) groups is 1. The Balaban J connectivity index is 2.05. The molecule has 5 nitrogen and oxygen atoms in total. The second-order valence-electron chi connectivity index (χ2n) is 5.32. The van der Waals surface area contributed by atoms with Crippen LogP contribution in [0.15, 0.2) is 23.1 Å². The second kappa shape index (κ2) is 5.57. The molecule has 1 aromatic rings. The number of carbonyl (C=O) groups excluding carboxylic acids is 1. The fourth-order valence-corrected chi connectivity index (χ4v) is 2.65. The molecule has 1 saturated carbocycles. The smallest absolute Gasteiger partial charge is 0.253 e. The first-order valence-corrected chi connectivity index (χ1v) is 6.64. The number of aromatic nitrogens is 1. The van der Waals surface area contributed by atoms with Gasteiger partial charge in [0.2, 0.25) is 5.91 Å². The van der Waals surface area contributed by atoms with Crippen LogP contribution in [0.25, 0.3) is 0 Å². The molecule has 104 valence electrons. The molecule has 0 spiro atoms. The quantitative estimate of drug-likeness (QED) is 0.835. The average molecular weight is 264 g/mol. The maximum Gasteiger partial charge on any atom is 0.253 e. The molecule has 1 heterocycles. The average Bonchev–Trinajstić information content (AvgIpc) is 2.84. The maximum atomic E-state index is 12.0. The predicted octanol–water partition coefficient (Wildman–Crippen LogP) is 0.578. The molecule has 1 fully saturated rings. The molecule has 0 aliphatic heterocycles.